The highest BCUT2D eigenvalue weighted by Gasteiger charge is 2.16. The minimum Gasteiger partial charge on any atom is -0.507 e. The van der Waals surface area contributed by atoms with Gasteiger partial charge >= 0.3 is 0 Å². The highest BCUT2D eigenvalue weighted by Crippen LogP contribution is 2.31. The van der Waals surface area contributed by atoms with E-state index in [0.29, 0.717) is 28.1 Å². The fourth-order valence-corrected chi connectivity index (χ4v) is 2.49. The number of rotatable bonds is 4. The molecule has 3 aromatic rings. The molecule has 3 N–H and O–H groups in total. The minimum atomic E-state index is -0.524. The van der Waals surface area contributed by atoms with Crippen LogP contribution >= 0.6 is 0 Å². The molecule has 1 amide bonds. The third-order valence-electron chi connectivity index (χ3n) is 4.02. The Morgan fingerprint density at radius 3 is 2.69 bits per heavy atom. The Kier molecular flexibility index (Phi) is 4.40. The molecule has 132 valence electrons. The van der Waals surface area contributed by atoms with Crippen molar-refractivity contribution >= 4 is 17.3 Å². The van der Waals surface area contributed by atoms with Crippen LogP contribution in [0.3, 0.4) is 0 Å². The summed E-state index contributed by atoms with van der Waals surface area (Å²) in [6, 6.07) is 11.0. The number of nitrogens with one attached hydrogen (secondary N) is 2. The third kappa shape index (κ3) is 3.25. The zero-order valence-corrected chi connectivity index (χ0v) is 14.1. The van der Waals surface area contributed by atoms with Gasteiger partial charge in [0.2, 0.25) is 0 Å². The number of hydrogen-bond donors (Lipinski definition) is 3. The summed E-state index contributed by atoms with van der Waals surface area (Å²) in [5.74, 6) is -0.389. The molecule has 26 heavy (non-hydrogen) atoms. The van der Waals surface area contributed by atoms with E-state index < -0.39 is 10.8 Å². The summed E-state index contributed by atoms with van der Waals surface area (Å²) in [5, 5.41) is 30.3. The number of H-pyrrole nitrogens is 1. The summed E-state index contributed by atoms with van der Waals surface area (Å²) >= 11 is 0. The van der Waals surface area contributed by atoms with E-state index in [9.17, 15) is 20.0 Å². The van der Waals surface area contributed by atoms with Crippen LogP contribution in [0.1, 0.15) is 21.6 Å². The number of benzene rings is 2. The van der Waals surface area contributed by atoms with Gasteiger partial charge < -0.3 is 10.4 Å². The van der Waals surface area contributed by atoms with E-state index in [2.05, 4.69) is 15.5 Å². The van der Waals surface area contributed by atoms with E-state index in [4.69, 9.17) is 0 Å². The molecular weight excluding hydrogens is 336 g/mol. The summed E-state index contributed by atoms with van der Waals surface area (Å²) in [6.45, 7) is 3.51. The Bertz CT molecular complexity index is 1010. The molecule has 3 rings (SSSR count). The van der Waals surface area contributed by atoms with Crippen LogP contribution in [0, 0.1) is 24.0 Å². The Hall–Kier alpha value is -3.68. The first kappa shape index (κ1) is 17.2. The van der Waals surface area contributed by atoms with Gasteiger partial charge in [-0.25, -0.2) is 0 Å². The molecule has 0 unspecified atom stereocenters. The number of nitro benzene ring substituents is 1. The van der Waals surface area contributed by atoms with E-state index >= 15 is 0 Å². The smallest absolute Gasteiger partial charge is 0.273 e. The van der Waals surface area contributed by atoms with Gasteiger partial charge in [-0.1, -0.05) is 18.2 Å². The summed E-state index contributed by atoms with van der Waals surface area (Å²) in [7, 11) is 0. The number of carbonyl (C=O) groups is 1. The molecule has 0 fully saturated rings. The summed E-state index contributed by atoms with van der Waals surface area (Å²) < 4.78 is 0. The SMILES string of the molecule is Cc1ccc([N+](=O)[O-])cc1NC(=O)c1cc(-c2cccc(C)c2O)n[nH]1. The Labute approximate surface area is 148 Å². The van der Waals surface area contributed by atoms with Gasteiger partial charge in [-0.3, -0.25) is 20.0 Å². The molecule has 0 aliphatic rings. The summed E-state index contributed by atoms with van der Waals surface area (Å²) in [6.07, 6.45) is 0. The van der Waals surface area contributed by atoms with Crippen LogP contribution in [0.25, 0.3) is 11.3 Å². The van der Waals surface area contributed by atoms with Crippen LogP contribution in [0.15, 0.2) is 42.5 Å². The maximum Gasteiger partial charge on any atom is 0.273 e. The number of aryl methyl sites for hydroxylation is 2. The molecular formula is C18H16N4O4. The lowest BCUT2D eigenvalue weighted by Crippen LogP contribution is -2.13. The van der Waals surface area contributed by atoms with Crippen LogP contribution in [0.5, 0.6) is 5.75 Å². The molecule has 1 aromatic heterocycles. The lowest BCUT2D eigenvalue weighted by molar-refractivity contribution is -0.384. The van der Waals surface area contributed by atoms with E-state index in [-0.39, 0.29) is 17.1 Å². The third-order valence-corrected chi connectivity index (χ3v) is 4.02. The lowest BCUT2D eigenvalue weighted by atomic mass is 10.1. The number of nitro groups is 1. The van der Waals surface area contributed by atoms with Crippen molar-refractivity contribution in [3.8, 4) is 17.0 Å². The van der Waals surface area contributed by atoms with Crippen molar-refractivity contribution < 1.29 is 14.8 Å². The number of phenolic OH excluding ortho intramolecular Hbond substituents is 1. The van der Waals surface area contributed by atoms with Crippen molar-refractivity contribution in [2.75, 3.05) is 5.32 Å². The molecule has 0 saturated heterocycles. The largest absolute Gasteiger partial charge is 0.507 e. The van der Waals surface area contributed by atoms with Gasteiger partial charge in [-0.15, -0.1) is 0 Å². The normalized spacial score (nSPS) is 10.5. The monoisotopic (exact) mass is 352 g/mol. The highest BCUT2D eigenvalue weighted by molar-refractivity contribution is 6.04. The number of nitrogens with zero attached hydrogens (tertiary/aromatic N) is 2. The summed E-state index contributed by atoms with van der Waals surface area (Å²) in [4.78, 5) is 22.8. The quantitative estimate of drug-likeness (QED) is 0.489. The number of aromatic hydroxyl groups is 1. The number of aromatic nitrogens is 2. The lowest BCUT2D eigenvalue weighted by Gasteiger charge is -2.07. The first-order valence-electron chi connectivity index (χ1n) is 7.77. The standard InChI is InChI=1S/C18H16N4O4/c1-10-6-7-12(22(25)26)8-14(10)19-18(24)16-9-15(20-21-16)13-5-3-4-11(2)17(13)23/h3-9,23H,1-2H3,(H,19,24)(H,20,21). The fourth-order valence-electron chi connectivity index (χ4n) is 2.49. The topological polar surface area (TPSA) is 121 Å². The number of amides is 1. The zero-order chi connectivity index (χ0) is 18.8. The Balaban J connectivity index is 1.86. The number of phenols is 1. The molecule has 0 saturated carbocycles. The van der Waals surface area contributed by atoms with Gasteiger partial charge in [0.15, 0.2) is 0 Å². The number of para-hydroxylation sites is 1. The number of aromatic amines is 1. The van der Waals surface area contributed by atoms with Crippen molar-refractivity contribution in [3.63, 3.8) is 0 Å². The molecule has 8 heteroatoms. The second-order valence-corrected chi connectivity index (χ2v) is 5.85. The molecule has 0 atom stereocenters. The Morgan fingerprint density at radius 2 is 1.96 bits per heavy atom. The molecule has 0 aliphatic heterocycles. The van der Waals surface area contributed by atoms with Crippen molar-refractivity contribution in [1.82, 2.24) is 10.2 Å². The molecule has 0 aliphatic carbocycles. The van der Waals surface area contributed by atoms with Gasteiger partial charge in [0.05, 0.1) is 16.3 Å². The van der Waals surface area contributed by atoms with Crippen LogP contribution < -0.4 is 5.32 Å². The molecule has 2 aromatic carbocycles. The van der Waals surface area contributed by atoms with E-state index in [1.807, 2.05) is 0 Å². The van der Waals surface area contributed by atoms with Crippen molar-refractivity contribution in [2.24, 2.45) is 0 Å². The van der Waals surface area contributed by atoms with Crippen molar-refractivity contribution in [1.29, 1.82) is 0 Å². The van der Waals surface area contributed by atoms with Gasteiger partial charge in [-0.2, -0.15) is 5.10 Å². The maximum absolute atomic E-state index is 12.4. The number of non-ortho nitro benzene ring substituents is 1. The van der Waals surface area contributed by atoms with Gasteiger partial charge in [0.25, 0.3) is 11.6 Å². The second kappa shape index (κ2) is 6.67. The van der Waals surface area contributed by atoms with E-state index in [1.165, 1.54) is 18.2 Å². The number of anilines is 1. The molecule has 0 radical (unpaired) electrons. The highest BCUT2D eigenvalue weighted by atomic mass is 16.6. The minimum absolute atomic E-state index is 0.0977. The number of hydrogen-bond acceptors (Lipinski definition) is 5. The molecule has 0 spiro atoms. The molecule has 8 nitrogen and oxygen atoms in total. The average Bonchev–Trinajstić information content (AvgIpc) is 3.09. The molecule has 0 bridgehead atoms. The van der Waals surface area contributed by atoms with Gasteiger partial charge in [0.1, 0.15) is 11.4 Å². The summed E-state index contributed by atoms with van der Waals surface area (Å²) in [5.41, 5.74) is 2.73. The van der Waals surface area contributed by atoms with Crippen LogP contribution in [-0.2, 0) is 0 Å². The van der Waals surface area contributed by atoms with Crippen molar-refractivity contribution in [3.05, 3.63) is 69.4 Å². The number of carbonyl (C=O) groups excluding carboxylic acids is 1. The fraction of sp³-hybridized carbons (Fsp3) is 0.111. The van der Waals surface area contributed by atoms with Gasteiger partial charge in [-0.05, 0) is 37.1 Å². The van der Waals surface area contributed by atoms with Crippen LogP contribution in [0.4, 0.5) is 11.4 Å². The zero-order valence-electron chi connectivity index (χ0n) is 14.1. The van der Waals surface area contributed by atoms with Gasteiger partial charge in [0, 0.05) is 17.7 Å². The van der Waals surface area contributed by atoms with Crippen LogP contribution in [-0.4, -0.2) is 26.1 Å². The average molecular weight is 352 g/mol. The maximum atomic E-state index is 12.4. The first-order chi connectivity index (χ1) is 12.4. The second-order valence-electron chi connectivity index (χ2n) is 5.85. The van der Waals surface area contributed by atoms with Crippen LogP contribution in [0.2, 0.25) is 0 Å². The van der Waals surface area contributed by atoms with Crippen molar-refractivity contribution in [2.45, 2.75) is 13.8 Å². The predicted octanol–water partition coefficient (Wildman–Crippen LogP) is 3.56. The van der Waals surface area contributed by atoms with E-state index in [0.717, 1.165) is 0 Å². The van der Waals surface area contributed by atoms with E-state index in [1.54, 1.807) is 38.1 Å². The molecule has 1 heterocycles. The Morgan fingerprint density at radius 1 is 1.19 bits per heavy atom. The predicted molar refractivity (Wildman–Crippen MR) is 96.2 cm³/mol. The first-order valence-corrected chi connectivity index (χ1v) is 7.77.